The highest BCUT2D eigenvalue weighted by Crippen LogP contribution is 2.30. The Morgan fingerprint density at radius 1 is 0.490 bits per heavy atom. The zero-order chi connectivity index (χ0) is 37.2. The van der Waals surface area contributed by atoms with Crippen LogP contribution in [-0.4, -0.2) is 160 Å². The van der Waals surface area contributed by atoms with Crippen LogP contribution in [0.3, 0.4) is 0 Å². The predicted octanol–water partition coefficient (Wildman–Crippen LogP) is -4.92. The molecule has 4 heterocycles. The molecule has 0 unspecified atom stereocenters. The summed E-state index contributed by atoms with van der Waals surface area (Å²) in [7, 11) is 0. The quantitative estimate of drug-likeness (QED) is 0.101. The van der Waals surface area contributed by atoms with Gasteiger partial charge in [-0.3, -0.25) is 14.4 Å². The van der Waals surface area contributed by atoms with Gasteiger partial charge in [0, 0.05) is 38.5 Å². The maximum absolute atomic E-state index is 12.6. The van der Waals surface area contributed by atoms with Crippen LogP contribution in [0.1, 0.15) is 38.5 Å². The third-order valence-electron chi connectivity index (χ3n) is 8.85. The van der Waals surface area contributed by atoms with Crippen LogP contribution in [-0.2, 0) is 42.8 Å². The van der Waals surface area contributed by atoms with E-state index in [2.05, 4.69) is 33.7 Å². The minimum absolute atomic E-state index is 0.0746. The van der Waals surface area contributed by atoms with Gasteiger partial charge in [-0.25, -0.2) is 0 Å². The lowest BCUT2D eigenvalue weighted by molar-refractivity contribution is -0.304. The largest absolute Gasteiger partial charge is 0.388 e. The normalized spacial score (nSPS) is 39.7. The fourth-order valence-electron chi connectivity index (χ4n) is 6.00. The van der Waals surface area contributed by atoms with Crippen molar-refractivity contribution in [1.29, 1.82) is 0 Å². The fraction of sp³-hybridized carbons (Fsp3) is 0.727. The van der Waals surface area contributed by atoms with Crippen LogP contribution in [0, 0.1) is 37.0 Å². The first kappa shape index (κ1) is 40.4. The summed E-state index contributed by atoms with van der Waals surface area (Å²) in [5.74, 6) is 5.18. The summed E-state index contributed by atoms with van der Waals surface area (Å²) in [5, 5.41) is 74.0. The van der Waals surface area contributed by atoms with Crippen molar-refractivity contribution in [2.45, 2.75) is 130 Å². The van der Waals surface area contributed by atoms with Crippen LogP contribution in [0.25, 0.3) is 0 Å². The van der Waals surface area contributed by atoms with Gasteiger partial charge in [-0.15, -0.1) is 37.0 Å². The molecule has 4 fully saturated rings. The highest BCUT2D eigenvalue weighted by molar-refractivity contribution is 5.77. The Balaban J connectivity index is 1.66. The van der Waals surface area contributed by atoms with Gasteiger partial charge in [0.15, 0.2) is 18.9 Å². The van der Waals surface area contributed by atoms with Crippen molar-refractivity contribution in [2.24, 2.45) is 0 Å². The van der Waals surface area contributed by atoms with Gasteiger partial charge in [-0.05, 0) is 0 Å². The van der Waals surface area contributed by atoms with Crippen LogP contribution in [0.5, 0.6) is 0 Å². The van der Waals surface area contributed by atoms with Gasteiger partial charge in [0.2, 0.25) is 17.7 Å². The smallest absolute Gasteiger partial charge is 0.221 e. The molecule has 0 aliphatic carbocycles. The second-order valence-electron chi connectivity index (χ2n) is 12.5. The summed E-state index contributed by atoms with van der Waals surface area (Å²) in [6.45, 7) is -1.62. The summed E-state index contributed by atoms with van der Waals surface area (Å²) in [4.78, 5) is 37.8. The Morgan fingerprint density at radius 2 is 0.745 bits per heavy atom. The van der Waals surface area contributed by atoms with Crippen LogP contribution in [0.15, 0.2) is 0 Å². The van der Waals surface area contributed by atoms with E-state index in [1.807, 2.05) is 0 Å². The monoisotopic (exact) mass is 723 g/mol. The van der Waals surface area contributed by atoms with Crippen LogP contribution in [0.2, 0.25) is 0 Å². The van der Waals surface area contributed by atoms with Crippen LogP contribution < -0.4 is 16.0 Å². The molecule has 282 valence electrons. The van der Waals surface area contributed by atoms with Gasteiger partial charge in [0.25, 0.3) is 0 Å². The van der Waals surface area contributed by atoms with Crippen LogP contribution >= 0.6 is 0 Å². The molecule has 4 aliphatic heterocycles. The first-order valence-corrected chi connectivity index (χ1v) is 16.5. The topological polar surface area (TPSA) is 264 Å². The van der Waals surface area contributed by atoms with E-state index in [1.165, 1.54) is 0 Å². The van der Waals surface area contributed by atoms with E-state index in [0.29, 0.717) is 0 Å². The van der Waals surface area contributed by atoms with Crippen molar-refractivity contribution in [3.8, 4) is 37.0 Å². The SMILES string of the molecule is C#CCCC(=O)N[C@H]1[C@@H]2OC[C@H]3O[C@@H](OC[C@H]4O[C@@H](OC[C@@H](O2)[C@@H](O)[C@@H]1O)[C@H](NC(=O)CCC#C)[C@@H](O)[C@@H]4O)[C@H](NC(=O)CCC#C)[C@@H](O)[C@@H]3O. The molecule has 15 atom stereocenters. The molecule has 4 rings (SSSR count). The molecule has 4 aliphatic rings. The average Bonchev–Trinajstić information content (AvgIpc) is 3.11. The van der Waals surface area contributed by atoms with Gasteiger partial charge in [-0.2, -0.15) is 0 Å². The van der Waals surface area contributed by atoms with E-state index < -0.39 is 129 Å². The highest BCUT2D eigenvalue weighted by Gasteiger charge is 2.52. The molecule has 18 heteroatoms. The summed E-state index contributed by atoms with van der Waals surface area (Å²) < 4.78 is 35.5. The highest BCUT2D eigenvalue weighted by atomic mass is 16.7. The molecule has 0 aromatic carbocycles. The predicted molar refractivity (Wildman–Crippen MR) is 170 cm³/mol. The standard InChI is InChI=1S/C33H45N3O15/c1-4-7-10-19(37)34-22-28(43)25(40)16-14-47-32-24(36-21(39)12-9-6-3)30(45)27(42)18(51-32)15-48-33-23(35-20(38)11-8-5-2)29(44)26(41)17(50-33)13-46-31(22)49-16/h1-3,16-18,22-33,40-45H,7-15H2,(H,34,37)(H,35,38)(H,36,39)/t16-,17-,18-,22-,23-,24-,25-,26-,27-,28-,29-,30-,31-,32-,33-/m1/s1. The summed E-state index contributed by atoms with van der Waals surface area (Å²) in [6.07, 6.45) is -3.24. The molecule has 0 radical (unpaired) electrons. The van der Waals surface area contributed by atoms with Gasteiger partial charge in [0.1, 0.15) is 73.1 Å². The second kappa shape index (κ2) is 18.9. The molecule has 4 saturated heterocycles. The summed E-state index contributed by atoms with van der Waals surface area (Å²) in [6, 6.07) is -4.14. The van der Waals surface area contributed by atoms with Gasteiger partial charge >= 0.3 is 0 Å². The molecule has 51 heavy (non-hydrogen) atoms. The maximum atomic E-state index is 12.6. The minimum Gasteiger partial charge on any atom is -0.388 e. The van der Waals surface area contributed by atoms with Crippen molar-refractivity contribution in [3.63, 3.8) is 0 Å². The molecule has 18 nitrogen and oxygen atoms in total. The lowest BCUT2D eigenvalue weighted by Gasteiger charge is -2.45. The molecule has 0 saturated carbocycles. The van der Waals surface area contributed by atoms with Crippen molar-refractivity contribution in [1.82, 2.24) is 16.0 Å². The number of carbonyl (C=O) groups is 3. The van der Waals surface area contributed by atoms with Gasteiger partial charge in [-0.1, -0.05) is 0 Å². The Labute approximate surface area is 294 Å². The van der Waals surface area contributed by atoms with Crippen molar-refractivity contribution >= 4 is 17.7 Å². The van der Waals surface area contributed by atoms with Crippen molar-refractivity contribution in [3.05, 3.63) is 0 Å². The van der Waals surface area contributed by atoms with E-state index in [1.54, 1.807) is 0 Å². The van der Waals surface area contributed by atoms with E-state index in [4.69, 9.17) is 47.7 Å². The number of aliphatic hydroxyl groups excluding tert-OH is 6. The molecular weight excluding hydrogens is 678 g/mol. The Hall–Kier alpha value is -3.39. The van der Waals surface area contributed by atoms with E-state index in [9.17, 15) is 45.0 Å². The summed E-state index contributed by atoms with van der Waals surface area (Å²) in [5.41, 5.74) is 0. The fourth-order valence-corrected chi connectivity index (χ4v) is 6.00. The summed E-state index contributed by atoms with van der Waals surface area (Å²) >= 11 is 0. The number of fused-ring (bicyclic) bond motifs is 6. The number of carbonyl (C=O) groups excluding carboxylic acids is 3. The Kier molecular flexibility index (Phi) is 15.0. The van der Waals surface area contributed by atoms with Gasteiger partial charge < -0.3 is 75.0 Å². The molecule has 0 spiro atoms. The van der Waals surface area contributed by atoms with Crippen molar-refractivity contribution < 1.29 is 73.4 Å². The Bertz CT molecular complexity index is 1170. The van der Waals surface area contributed by atoms with Crippen molar-refractivity contribution in [2.75, 3.05) is 19.8 Å². The zero-order valence-electron chi connectivity index (χ0n) is 27.6. The third kappa shape index (κ3) is 10.1. The molecule has 6 bridgehead atoms. The van der Waals surface area contributed by atoms with E-state index in [-0.39, 0.29) is 38.5 Å². The van der Waals surface area contributed by atoms with Crippen LogP contribution in [0.4, 0.5) is 0 Å². The second-order valence-corrected chi connectivity index (χ2v) is 12.5. The Morgan fingerprint density at radius 3 is 0.980 bits per heavy atom. The first-order valence-electron chi connectivity index (χ1n) is 16.5. The third-order valence-corrected chi connectivity index (χ3v) is 8.85. The number of amides is 3. The van der Waals surface area contributed by atoms with E-state index in [0.717, 1.165) is 0 Å². The molecule has 3 amide bonds. The minimum atomic E-state index is -1.71. The molecule has 9 N–H and O–H groups in total. The number of aliphatic hydroxyl groups is 6. The molecular formula is C33H45N3O15. The number of hydrogen-bond acceptors (Lipinski definition) is 15. The zero-order valence-corrected chi connectivity index (χ0v) is 27.6. The average molecular weight is 724 g/mol. The number of terminal acetylenes is 3. The molecule has 0 aromatic heterocycles. The lowest BCUT2D eigenvalue weighted by Crippen LogP contribution is -2.67. The lowest BCUT2D eigenvalue weighted by atomic mass is 9.95. The number of rotatable bonds is 9. The maximum Gasteiger partial charge on any atom is 0.221 e. The number of nitrogens with one attached hydrogen (secondary N) is 3. The molecule has 0 aromatic rings. The van der Waals surface area contributed by atoms with E-state index >= 15 is 0 Å². The van der Waals surface area contributed by atoms with Gasteiger partial charge in [0.05, 0.1) is 19.8 Å². The first-order chi connectivity index (χ1) is 24.4. The number of hydrogen-bond donors (Lipinski definition) is 9. The number of ether oxygens (including phenoxy) is 6.